The molecule has 0 bridgehead atoms. The molecule has 0 aliphatic rings. The molecular formula is C33H26ClN3O5. The van der Waals surface area contributed by atoms with Gasteiger partial charge in [0.05, 0.1) is 27.4 Å². The molecule has 210 valence electrons. The van der Waals surface area contributed by atoms with E-state index in [-0.39, 0.29) is 10.6 Å². The zero-order valence-corrected chi connectivity index (χ0v) is 23.4. The van der Waals surface area contributed by atoms with E-state index in [2.05, 4.69) is 10.9 Å². The van der Waals surface area contributed by atoms with Crippen molar-refractivity contribution in [2.75, 3.05) is 6.61 Å². The number of halogens is 1. The van der Waals surface area contributed by atoms with Crippen LogP contribution in [0, 0.1) is 6.92 Å². The zero-order chi connectivity index (χ0) is 29.5. The molecule has 9 heteroatoms. The number of nitrogens with one attached hydrogen (secondary N) is 2. The molecule has 0 atom stereocenters. The van der Waals surface area contributed by atoms with Crippen molar-refractivity contribution in [2.24, 2.45) is 0 Å². The van der Waals surface area contributed by atoms with Crippen LogP contribution >= 0.6 is 11.6 Å². The number of fused-ring (bicyclic) bond motifs is 1. The fourth-order valence-corrected chi connectivity index (χ4v) is 4.60. The molecule has 8 nitrogen and oxygen atoms in total. The summed E-state index contributed by atoms with van der Waals surface area (Å²) in [7, 11) is 0. The molecule has 0 unspecified atom stereocenters. The van der Waals surface area contributed by atoms with Crippen molar-refractivity contribution in [1.82, 2.24) is 15.8 Å². The van der Waals surface area contributed by atoms with E-state index >= 15 is 0 Å². The van der Waals surface area contributed by atoms with E-state index in [1.165, 1.54) is 6.07 Å². The number of benzene rings is 4. The standard InChI is InChI=1S/C33H26ClN3O5/c1-21-30(33(40)42-20-29(38)36-37-32(39)25-11-5-7-13-27(25)34)26-12-6-8-14-28(26)35-31(21)23-15-17-24(18-16-23)41-19-22-9-3-2-4-10-22/h2-18H,19-20H2,1H3,(H,36,38)(H,37,39). The van der Waals surface area contributed by atoms with Gasteiger partial charge in [-0.3, -0.25) is 20.4 Å². The maximum atomic E-state index is 13.3. The summed E-state index contributed by atoms with van der Waals surface area (Å²) in [5, 5.41) is 0.833. The summed E-state index contributed by atoms with van der Waals surface area (Å²) in [6.45, 7) is 1.62. The highest BCUT2D eigenvalue weighted by atomic mass is 35.5. The number of rotatable bonds is 8. The van der Waals surface area contributed by atoms with Gasteiger partial charge in [0, 0.05) is 10.9 Å². The second kappa shape index (κ2) is 13.0. The van der Waals surface area contributed by atoms with Crippen LogP contribution in [-0.2, 0) is 16.1 Å². The van der Waals surface area contributed by atoms with Crippen LogP contribution in [0.25, 0.3) is 22.2 Å². The third kappa shape index (κ3) is 6.56. The van der Waals surface area contributed by atoms with Crippen LogP contribution in [0.5, 0.6) is 5.75 Å². The number of hydrazine groups is 1. The molecule has 0 aliphatic heterocycles. The minimum absolute atomic E-state index is 0.193. The number of carbonyl (C=O) groups is 3. The Morgan fingerprint density at radius 3 is 2.26 bits per heavy atom. The van der Waals surface area contributed by atoms with E-state index in [0.29, 0.717) is 40.1 Å². The Morgan fingerprint density at radius 1 is 0.810 bits per heavy atom. The largest absolute Gasteiger partial charge is 0.489 e. The third-order valence-corrected chi connectivity index (χ3v) is 6.81. The van der Waals surface area contributed by atoms with Crippen molar-refractivity contribution >= 4 is 40.3 Å². The summed E-state index contributed by atoms with van der Waals surface area (Å²) >= 11 is 6.02. The van der Waals surface area contributed by atoms with E-state index in [1.807, 2.05) is 66.7 Å². The maximum absolute atomic E-state index is 13.3. The smallest absolute Gasteiger partial charge is 0.339 e. The average Bonchev–Trinajstić information content (AvgIpc) is 3.02. The molecule has 5 aromatic rings. The van der Waals surface area contributed by atoms with Gasteiger partial charge in [0.1, 0.15) is 12.4 Å². The van der Waals surface area contributed by atoms with Gasteiger partial charge >= 0.3 is 5.97 Å². The Kier molecular flexibility index (Phi) is 8.75. The molecule has 42 heavy (non-hydrogen) atoms. The molecule has 2 N–H and O–H groups in total. The Labute approximate surface area is 247 Å². The van der Waals surface area contributed by atoms with Gasteiger partial charge in [0.25, 0.3) is 11.8 Å². The highest BCUT2D eigenvalue weighted by Crippen LogP contribution is 2.31. The predicted molar refractivity (Wildman–Crippen MR) is 160 cm³/mol. The number of carbonyl (C=O) groups excluding carboxylic acids is 3. The lowest BCUT2D eigenvalue weighted by atomic mass is 9.97. The fourth-order valence-electron chi connectivity index (χ4n) is 4.38. The lowest BCUT2D eigenvalue weighted by molar-refractivity contribution is -0.125. The van der Waals surface area contributed by atoms with Crippen LogP contribution in [-0.4, -0.2) is 29.4 Å². The molecule has 0 saturated carbocycles. The maximum Gasteiger partial charge on any atom is 0.339 e. The van der Waals surface area contributed by atoms with Crippen LogP contribution in [0.1, 0.15) is 31.8 Å². The summed E-state index contributed by atoms with van der Waals surface area (Å²) in [6.07, 6.45) is 0. The van der Waals surface area contributed by atoms with Crippen LogP contribution < -0.4 is 15.6 Å². The van der Waals surface area contributed by atoms with E-state index in [9.17, 15) is 14.4 Å². The molecular weight excluding hydrogens is 554 g/mol. The first-order chi connectivity index (χ1) is 20.4. The van der Waals surface area contributed by atoms with Gasteiger partial charge in [-0.15, -0.1) is 0 Å². The first-order valence-electron chi connectivity index (χ1n) is 13.1. The summed E-state index contributed by atoms with van der Waals surface area (Å²) in [5.41, 5.74) is 8.65. The first kappa shape index (κ1) is 28.3. The normalized spacial score (nSPS) is 10.6. The highest BCUT2D eigenvalue weighted by Gasteiger charge is 2.21. The lowest BCUT2D eigenvalue weighted by Gasteiger charge is -2.15. The van der Waals surface area contributed by atoms with Crippen molar-refractivity contribution in [3.8, 4) is 17.0 Å². The monoisotopic (exact) mass is 579 g/mol. The second-order valence-corrected chi connectivity index (χ2v) is 9.74. The third-order valence-electron chi connectivity index (χ3n) is 6.48. The summed E-state index contributed by atoms with van der Waals surface area (Å²) in [5.74, 6) is -1.31. The van der Waals surface area contributed by atoms with Gasteiger partial charge in [-0.1, -0.05) is 72.3 Å². The van der Waals surface area contributed by atoms with E-state index < -0.39 is 24.4 Å². The minimum atomic E-state index is -0.717. The van der Waals surface area contributed by atoms with Crippen molar-refractivity contribution < 1.29 is 23.9 Å². The lowest BCUT2D eigenvalue weighted by Crippen LogP contribution is -2.43. The molecule has 0 fully saturated rings. The average molecular weight is 580 g/mol. The number of ether oxygens (including phenoxy) is 2. The Hall–Kier alpha value is -5.21. The summed E-state index contributed by atoms with van der Waals surface area (Å²) in [6, 6.07) is 31.0. The van der Waals surface area contributed by atoms with Crippen LogP contribution in [0.15, 0.2) is 103 Å². The number of aromatic nitrogens is 1. The number of nitrogens with zero attached hydrogens (tertiary/aromatic N) is 1. The van der Waals surface area contributed by atoms with Crippen molar-refractivity contribution in [2.45, 2.75) is 13.5 Å². The Morgan fingerprint density at radius 2 is 1.50 bits per heavy atom. The summed E-state index contributed by atoms with van der Waals surface area (Å²) < 4.78 is 11.2. The Bertz CT molecular complexity index is 1760. The first-order valence-corrected chi connectivity index (χ1v) is 13.5. The highest BCUT2D eigenvalue weighted by molar-refractivity contribution is 6.33. The summed E-state index contributed by atoms with van der Waals surface area (Å²) in [4.78, 5) is 42.7. The fraction of sp³-hybridized carbons (Fsp3) is 0.0909. The number of hydrogen-bond donors (Lipinski definition) is 2. The number of pyridine rings is 1. The van der Waals surface area contributed by atoms with Crippen LogP contribution in [0.2, 0.25) is 5.02 Å². The van der Waals surface area contributed by atoms with E-state index in [1.54, 1.807) is 37.3 Å². The van der Waals surface area contributed by atoms with Crippen LogP contribution in [0.4, 0.5) is 0 Å². The molecule has 5 rings (SSSR count). The van der Waals surface area contributed by atoms with Gasteiger partial charge in [-0.25, -0.2) is 9.78 Å². The molecule has 0 spiro atoms. The minimum Gasteiger partial charge on any atom is -0.489 e. The number of amides is 2. The molecule has 1 aromatic heterocycles. The van der Waals surface area contributed by atoms with E-state index in [0.717, 1.165) is 11.1 Å². The second-order valence-electron chi connectivity index (χ2n) is 9.33. The number of hydrogen-bond acceptors (Lipinski definition) is 6. The van der Waals surface area contributed by atoms with Gasteiger partial charge in [0.2, 0.25) is 0 Å². The molecule has 0 aliphatic carbocycles. The van der Waals surface area contributed by atoms with Gasteiger partial charge < -0.3 is 9.47 Å². The molecule has 2 amide bonds. The topological polar surface area (TPSA) is 107 Å². The zero-order valence-electron chi connectivity index (χ0n) is 22.6. The van der Waals surface area contributed by atoms with Gasteiger partial charge in [0.15, 0.2) is 6.61 Å². The van der Waals surface area contributed by atoms with Gasteiger partial charge in [-0.2, -0.15) is 0 Å². The molecule has 0 radical (unpaired) electrons. The number of para-hydroxylation sites is 1. The van der Waals surface area contributed by atoms with Gasteiger partial charge in [-0.05, 0) is 60.5 Å². The van der Waals surface area contributed by atoms with Crippen molar-refractivity contribution in [3.05, 3.63) is 130 Å². The molecule has 0 saturated heterocycles. The Balaban J connectivity index is 1.29. The van der Waals surface area contributed by atoms with E-state index in [4.69, 9.17) is 26.1 Å². The molecule has 1 heterocycles. The predicted octanol–water partition coefficient (Wildman–Crippen LogP) is 6.06. The number of esters is 1. The van der Waals surface area contributed by atoms with Crippen LogP contribution in [0.3, 0.4) is 0 Å². The molecule has 4 aromatic carbocycles. The van der Waals surface area contributed by atoms with Crippen molar-refractivity contribution in [3.63, 3.8) is 0 Å². The SMILES string of the molecule is Cc1c(-c2ccc(OCc3ccccc3)cc2)nc2ccccc2c1C(=O)OCC(=O)NNC(=O)c1ccccc1Cl. The van der Waals surface area contributed by atoms with Crippen molar-refractivity contribution in [1.29, 1.82) is 0 Å². The quantitative estimate of drug-likeness (QED) is 0.171.